The van der Waals surface area contributed by atoms with Crippen molar-refractivity contribution in [2.45, 2.75) is 39.0 Å². The van der Waals surface area contributed by atoms with Gasteiger partial charge in [0.1, 0.15) is 11.3 Å². The number of ketones is 1. The smallest absolute Gasteiger partial charge is 0.311 e. The number of allylic oxidation sites excluding steroid dienone is 2. The Kier molecular flexibility index (Phi) is 3.42. The first-order chi connectivity index (χ1) is 11.9. The molecule has 1 aliphatic carbocycles. The van der Waals surface area contributed by atoms with Gasteiger partial charge in [0, 0.05) is 29.9 Å². The summed E-state index contributed by atoms with van der Waals surface area (Å²) in [6, 6.07) is 6.95. The molecule has 5 nitrogen and oxygen atoms in total. The summed E-state index contributed by atoms with van der Waals surface area (Å²) in [6.45, 7) is 3.94. The molecule has 0 fully saturated rings. The van der Waals surface area contributed by atoms with Crippen molar-refractivity contribution in [2.24, 2.45) is 5.41 Å². The summed E-state index contributed by atoms with van der Waals surface area (Å²) in [4.78, 5) is 37.7. The first-order valence-electron chi connectivity index (χ1n) is 8.33. The Balaban J connectivity index is 1.90. The molecule has 0 amide bonds. The van der Waals surface area contributed by atoms with Gasteiger partial charge in [0.15, 0.2) is 11.2 Å². The standard InChI is InChI=1S/C20H18O5/c1-20(2)8-14(21)18-12(7-17(22)25-16(18)9-20)13-10-24-15-6-4-3-5-11(15)19(13)23/h3-6,10,12H,7-9H2,1-2H3/t12-/m1/s1. The van der Waals surface area contributed by atoms with Gasteiger partial charge >= 0.3 is 5.97 Å². The molecule has 128 valence electrons. The van der Waals surface area contributed by atoms with Crippen molar-refractivity contribution in [2.75, 3.05) is 0 Å². The summed E-state index contributed by atoms with van der Waals surface area (Å²) in [6.07, 6.45) is 2.24. The summed E-state index contributed by atoms with van der Waals surface area (Å²) in [5, 5.41) is 0.449. The lowest BCUT2D eigenvalue weighted by Gasteiger charge is -2.36. The number of benzene rings is 1. The van der Waals surface area contributed by atoms with Gasteiger partial charge in [-0.15, -0.1) is 0 Å². The van der Waals surface area contributed by atoms with Crippen LogP contribution in [0.5, 0.6) is 0 Å². The highest BCUT2D eigenvalue weighted by Crippen LogP contribution is 2.45. The molecule has 0 spiro atoms. The number of Topliss-reactive ketones (excluding diaryl/α,β-unsaturated/α-hetero) is 1. The Morgan fingerprint density at radius 3 is 2.64 bits per heavy atom. The van der Waals surface area contributed by atoms with Crippen LogP contribution in [0.25, 0.3) is 11.0 Å². The Hall–Kier alpha value is -2.69. The molecule has 2 heterocycles. The normalized spacial score (nSPS) is 22.7. The van der Waals surface area contributed by atoms with Gasteiger partial charge in [0.25, 0.3) is 0 Å². The lowest BCUT2D eigenvalue weighted by atomic mass is 9.71. The zero-order valence-corrected chi connectivity index (χ0v) is 14.1. The monoisotopic (exact) mass is 338 g/mol. The first kappa shape index (κ1) is 15.8. The highest BCUT2D eigenvalue weighted by atomic mass is 16.5. The Labute approximate surface area is 144 Å². The molecule has 5 heteroatoms. The molecule has 25 heavy (non-hydrogen) atoms. The predicted octanol–water partition coefficient (Wildman–Crippen LogP) is 3.47. The molecular weight excluding hydrogens is 320 g/mol. The molecule has 1 aromatic heterocycles. The first-order valence-corrected chi connectivity index (χ1v) is 8.33. The van der Waals surface area contributed by atoms with Crippen molar-refractivity contribution in [3.8, 4) is 0 Å². The number of rotatable bonds is 1. The fraction of sp³-hybridized carbons (Fsp3) is 0.350. The third kappa shape index (κ3) is 2.60. The molecular formula is C20H18O5. The minimum Gasteiger partial charge on any atom is -0.464 e. The summed E-state index contributed by atoms with van der Waals surface area (Å²) in [7, 11) is 0. The van der Waals surface area contributed by atoms with Crippen LogP contribution in [0.3, 0.4) is 0 Å². The molecule has 1 aromatic carbocycles. The van der Waals surface area contributed by atoms with Crippen LogP contribution in [0.1, 0.15) is 44.6 Å². The zero-order chi connectivity index (χ0) is 17.8. The minimum atomic E-state index is -0.597. The molecule has 1 aliphatic heterocycles. The Morgan fingerprint density at radius 1 is 1.08 bits per heavy atom. The lowest BCUT2D eigenvalue weighted by Crippen LogP contribution is -2.35. The van der Waals surface area contributed by atoms with Gasteiger partial charge in [0.2, 0.25) is 0 Å². The number of carbonyl (C=O) groups excluding carboxylic acids is 2. The van der Waals surface area contributed by atoms with Crippen LogP contribution in [0, 0.1) is 5.41 Å². The fourth-order valence-electron chi connectivity index (χ4n) is 3.80. The molecule has 0 unspecified atom stereocenters. The summed E-state index contributed by atoms with van der Waals surface area (Å²) in [5.74, 6) is -0.658. The van der Waals surface area contributed by atoms with Crippen LogP contribution in [-0.2, 0) is 14.3 Å². The van der Waals surface area contributed by atoms with E-state index in [2.05, 4.69) is 0 Å². The second-order valence-corrected chi connectivity index (χ2v) is 7.52. The summed E-state index contributed by atoms with van der Waals surface area (Å²) >= 11 is 0. The van der Waals surface area contributed by atoms with Crippen molar-refractivity contribution in [3.63, 3.8) is 0 Å². The lowest BCUT2D eigenvalue weighted by molar-refractivity contribution is -0.142. The van der Waals surface area contributed by atoms with Gasteiger partial charge in [-0.2, -0.15) is 0 Å². The van der Waals surface area contributed by atoms with Crippen LogP contribution in [-0.4, -0.2) is 11.8 Å². The van der Waals surface area contributed by atoms with Crippen molar-refractivity contribution in [1.82, 2.24) is 0 Å². The van der Waals surface area contributed by atoms with Crippen molar-refractivity contribution in [3.05, 3.63) is 57.6 Å². The van der Waals surface area contributed by atoms with Crippen LogP contribution < -0.4 is 5.43 Å². The summed E-state index contributed by atoms with van der Waals surface area (Å²) in [5.41, 5.74) is 0.829. The van der Waals surface area contributed by atoms with Gasteiger partial charge in [-0.25, -0.2) is 0 Å². The number of hydrogen-bond acceptors (Lipinski definition) is 5. The van der Waals surface area contributed by atoms with E-state index in [4.69, 9.17) is 9.15 Å². The van der Waals surface area contributed by atoms with E-state index in [0.717, 1.165) is 0 Å². The summed E-state index contributed by atoms with van der Waals surface area (Å²) < 4.78 is 10.9. The second kappa shape index (κ2) is 5.41. The second-order valence-electron chi connectivity index (χ2n) is 7.52. The van der Waals surface area contributed by atoms with Crippen molar-refractivity contribution >= 4 is 22.7 Å². The number of esters is 1. The molecule has 0 N–H and O–H groups in total. The Bertz CT molecular complexity index is 993. The molecule has 2 aromatic rings. The highest BCUT2D eigenvalue weighted by molar-refractivity contribution is 6.00. The Morgan fingerprint density at radius 2 is 1.84 bits per heavy atom. The van der Waals surface area contributed by atoms with Crippen molar-refractivity contribution in [1.29, 1.82) is 0 Å². The largest absolute Gasteiger partial charge is 0.464 e. The van der Waals surface area contributed by atoms with E-state index in [1.807, 2.05) is 13.8 Å². The van der Waals surface area contributed by atoms with Gasteiger partial charge in [-0.1, -0.05) is 26.0 Å². The third-order valence-electron chi connectivity index (χ3n) is 4.92. The van der Waals surface area contributed by atoms with E-state index in [1.54, 1.807) is 24.3 Å². The van der Waals surface area contributed by atoms with E-state index in [9.17, 15) is 14.4 Å². The average Bonchev–Trinajstić information content (AvgIpc) is 2.53. The SMILES string of the molecule is CC1(C)CC(=O)C2=C(C1)OC(=O)C[C@@H]2c1coc2ccccc2c1=O. The van der Waals surface area contributed by atoms with Gasteiger partial charge in [-0.3, -0.25) is 14.4 Å². The predicted molar refractivity (Wildman–Crippen MR) is 91.0 cm³/mol. The van der Waals surface area contributed by atoms with E-state index in [-0.39, 0.29) is 23.0 Å². The number of hydrogen-bond donors (Lipinski definition) is 0. The van der Waals surface area contributed by atoms with Crippen LogP contribution in [0.2, 0.25) is 0 Å². The van der Waals surface area contributed by atoms with Gasteiger partial charge < -0.3 is 9.15 Å². The maximum Gasteiger partial charge on any atom is 0.311 e. The van der Waals surface area contributed by atoms with E-state index >= 15 is 0 Å². The number of ether oxygens (including phenoxy) is 1. The molecule has 4 rings (SSSR count). The molecule has 0 saturated heterocycles. The maximum atomic E-state index is 12.9. The zero-order valence-electron chi connectivity index (χ0n) is 14.1. The molecule has 0 bridgehead atoms. The minimum absolute atomic E-state index is 0.0197. The maximum absolute atomic E-state index is 12.9. The van der Waals surface area contributed by atoms with Crippen LogP contribution in [0.4, 0.5) is 0 Å². The van der Waals surface area contributed by atoms with Crippen LogP contribution >= 0.6 is 0 Å². The topological polar surface area (TPSA) is 73.6 Å². The fourth-order valence-corrected chi connectivity index (χ4v) is 3.80. The van der Waals surface area contributed by atoms with Crippen molar-refractivity contribution < 1.29 is 18.7 Å². The third-order valence-corrected chi connectivity index (χ3v) is 4.92. The number of fused-ring (bicyclic) bond motifs is 1. The van der Waals surface area contributed by atoms with E-state index < -0.39 is 11.9 Å². The molecule has 0 saturated carbocycles. The molecule has 2 aliphatic rings. The van der Waals surface area contributed by atoms with Gasteiger partial charge in [0.05, 0.1) is 18.1 Å². The highest BCUT2D eigenvalue weighted by Gasteiger charge is 2.43. The number of carbonyl (C=O) groups is 2. The van der Waals surface area contributed by atoms with Crippen LogP contribution in [0.15, 0.2) is 51.1 Å². The quantitative estimate of drug-likeness (QED) is 0.745. The van der Waals surface area contributed by atoms with E-state index in [1.165, 1.54) is 6.26 Å². The average molecular weight is 338 g/mol. The number of para-hydroxylation sites is 1. The molecule has 0 radical (unpaired) electrons. The van der Waals surface area contributed by atoms with Gasteiger partial charge in [-0.05, 0) is 17.5 Å². The van der Waals surface area contributed by atoms with E-state index in [0.29, 0.717) is 40.7 Å². The molecule has 1 atom stereocenters.